The molecule has 0 saturated carbocycles. The Labute approximate surface area is 146 Å². The first-order chi connectivity index (χ1) is 10.1. The minimum atomic E-state index is -0.265. The van der Waals surface area contributed by atoms with Crippen molar-refractivity contribution in [3.63, 3.8) is 0 Å². The maximum atomic E-state index is 13.7. The van der Waals surface area contributed by atoms with Crippen LogP contribution in [0.4, 0.5) is 4.39 Å². The van der Waals surface area contributed by atoms with Gasteiger partial charge in [0.1, 0.15) is 11.6 Å². The number of methoxy groups -OCH3 is 1. The first kappa shape index (κ1) is 16.7. The molecular formula is C16H16BrFINO. The van der Waals surface area contributed by atoms with Crippen molar-refractivity contribution in [3.8, 4) is 5.75 Å². The van der Waals surface area contributed by atoms with Gasteiger partial charge in [0.25, 0.3) is 0 Å². The molecule has 0 aromatic heterocycles. The number of hydrogen-bond donors (Lipinski definition) is 1. The molecule has 0 aliphatic heterocycles. The SMILES string of the molecule is CCNC(c1cc(Br)ccc1I)c1cc(F)ccc1OC. The summed E-state index contributed by atoms with van der Waals surface area (Å²) < 4.78 is 21.2. The highest BCUT2D eigenvalue weighted by Crippen LogP contribution is 2.34. The van der Waals surface area contributed by atoms with Crippen molar-refractivity contribution in [2.45, 2.75) is 13.0 Å². The van der Waals surface area contributed by atoms with E-state index in [0.717, 1.165) is 25.7 Å². The lowest BCUT2D eigenvalue weighted by Crippen LogP contribution is -2.23. The van der Waals surface area contributed by atoms with E-state index in [1.165, 1.54) is 12.1 Å². The molecule has 0 spiro atoms. The van der Waals surface area contributed by atoms with Crippen molar-refractivity contribution in [1.82, 2.24) is 5.32 Å². The maximum Gasteiger partial charge on any atom is 0.124 e. The number of benzene rings is 2. The molecule has 2 aromatic rings. The van der Waals surface area contributed by atoms with Crippen molar-refractivity contribution >= 4 is 38.5 Å². The van der Waals surface area contributed by atoms with Crippen molar-refractivity contribution in [1.29, 1.82) is 0 Å². The molecule has 0 amide bonds. The zero-order chi connectivity index (χ0) is 15.4. The number of rotatable bonds is 5. The summed E-state index contributed by atoms with van der Waals surface area (Å²) in [7, 11) is 1.60. The fourth-order valence-electron chi connectivity index (χ4n) is 2.26. The molecule has 2 nitrogen and oxygen atoms in total. The highest BCUT2D eigenvalue weighted by atomic mass is 127. The van der Waals surface area contributed by atoms with E-state index in [2.05, 4.69) is 49.9 Å². The van der Waals surface area contributed by atoms with E-state index < -0.39 is 0 Å². The van der Waals surface area contributed by atoms with Gasteiger partial charge in [0.2, 0.25) is 0 Å². The number of hydrogen-bond acceptors (Lipinski definition) is 2. The summed E-state index contributed by atoms with van der Waals surface area (Å²) in [5, 5.41) is 3.41. The van der Waals surface area contributed by atoms with E-state index in [0.29, 0.717) is 5.75 Å². The van der Waals surface area contributed by atoms with E-state index in [1.807, 2.05) is 19.1 Å². The van der Waals surface area contributed by atoms with Gasteiger partial charge in [-0.3, -0.25) is 0 Å². The Bertz CT molecular complexity index is 636. The van der Waals surface area contributed by atoms with Crippen LogP contribution in [0.1, 0.15) is 24.1 Å². The monoisotopic (exact) mass is 463 g/mol. The molecule has 112 valence electrons. The van der Waals surface area contributed by atoms with E-state index in [1.54, 1.807) is 13.2 Å². The van der Waals surface area contributed by atoms with E-state index in [4.69, 9.17) is 4.74 Å². The third-order valence-corrected chi connectivity index (χ3v) is 4.66. The number of nitrogens with one attached hydrogen (secondary N) is 1. The van der Waals surface area contributed by atoms with Crippen molar-refractivity contribution in [2.24, 2.45) is 0 Å². The van der Waals surface area contributed by atoms with Crippen LogP contribution in [0, 0.1) is 9.39 Å². The third kappa shape index (κ3) is 3.96. The van der Waals surface area contributed by atoms with Crippen LogP contribution >= 0.6 is 38.5 Å². The molecule has 0 bridgehead atoms. The summed E-state index contributed by atoms with van der Waals surface area (Å²) in [6.07, 6.45) is 0. The molecule has 0 aliphatic rings. The van der Waals surface area contributed by atoms with Crippen molar-refractivity contribution < 1.29 is 9.13 Å². The van der Waals surface area contributed by atoms with E-state index >= 15 is 0 Å². The number of ether oxygens (including phenoxy) is 1. The topological polar surface area (TPSA) is 21.3 Å². The third-order valence-electron chi connectivity index (χ3n) is 3.18. The van der Waals surface area contributed by atoms with Crippen LogP contribution in [0.15, 0.2) is 40.9 Å². The Kier molecular flexibility index (Phi) is 6.01. The molecule has 1 unspecified atom stereocenters. The van der Waals surface area contributed by atoms with Crippen LogP contribution < -0.4 is 10.1 Å². The first-order valence-electron chi connectivity index (χ1n) is 6.58. The van der Waals surface area contributed by atoms with Crippen LogP contribution in [0.3, 0.4) is 0 Å². The van der Waals surface area contributed by atoms with Gasteiger partial charge in [0.05, 0.1) is 13.2 Å². The van der Waals surface area contributed by atoms with Gasteiger partial charge in [-0.05, 0) is 71.1 Å². The molecule has 0 heterocycles. The maximum absolute atomic E-state index is 13.7. The van der Waals surface area contributed by atoms with Gasteiger partial charge in [-0.15, -0.1) is 0 Å². The standard InChI is InChI=1S/C16H16BrFINO/c1-3-20-16(12-8-10(17)4-6-14(12)19)13-9-11(18)5-7-15(13)21-2/h4-9,16,20H,3H2,1-2H3. The predicted molar refractivity (Wildman–Crippen MR) is 95.3 cm³/mol. The van der Waals surface area contributed by atoms with Crippen LogP contribution in [0.25, 0.3) is 0 Å². The minimum Gasteiger partial charge on any atom is -0.496 e. The summed E-state index contributed by atoms with van der Waals surface area (Å²) in [4.78, 5) is 0. The smallest absolute Gasteiger partial charge is 0.124 e. The van der Waals surface area contributed by atoms with Gasteiger partial charge in [-0.1, -0.05) is 22.9 Å². The second-order valence-corrected chi connectivity index (χ2v) is 6.62. The quantitative estimate of drug-likeness (QED) is 0.636. The summed E-state index contributed by atoms with van der Waals surface area (Å²) in [6, 6.07) is 10.6. The minimum absolute atomic E-state index is 0.120. The largest absolute Gasteiger partial charge is 0.496 e. The average molecular weight is 464 g/mol. The normalized spacial score (nSPS) is 12.2. The fraction of sp³-hybridized carbons (Fsp3) is 0.250. The van der Waals surface area contributed by atoms with Crippen LogP contribution in [0.5, 0.6) is 5.75 Å². The van der Waals surface area contributed by atoms with E-state index in [-0.39, 0.29) is 11.9 Å². The Morgan fingerprint density at radius 2 is 2.00 bits per heavy atom. The Balaban J connectivity index is 2.58. The zero-order valence-electron chi connectivity index (χ0n) is 11.8. The first-order valence-corrected chi connectivity index (χ1v) is 8.45. The molecule has 21 heavy (non-hydrogen) atoms. The van der Waals surface area contributed by atoms with Crippen molar-refractivity contribution in [2.75, 3.05) is 13.7 Å². The zero-order valence-corrected chi connectivity index (χ0v) is 15.5. The Morgan fingerprint density at radius 3 is 2.67 bits per heavy atom. The second-order valence-electron chi connectivity index (χ2n) is 4.54. The molecule has 5 heteroatoms. The molecule has 2 aromatic carbocycles. The van der Waals surface area contributed by atoms with Crippen LogP contribution in [0.2, 0.25) is 0 Å². The Hall–Kier alpha value is -0.660. The van der Waals surface area contributed by atoms with Gasteiger partial charge in [-0.25, -0.2) is 4.39 Å². The van der Waals surface area contributed by atoms with Gasteiger partial charge in [0, 0.05) is 13.6 Å². The van der Waals surface area contributed by atoms with Crippen molar-refractivity contribution in [3.05, 3.63) is 61.4 Å². The summed E-state index contributed by atoms with van der Waals surface area (Å²) in [6.45, 7) is 2.80. The summed E-state index contributed by atoms with van der Waals surface area (Å²) in [5.41, 5.74) is 1.89. The molecule has 1 N–H and O–H groups in total. The fourth-order valence-corrected chi connectivity index (χ4v) is 3.28. The Morgan fingerprint density at radius 1 is 1.24 bits per heavy atom. The van der Waals surface area contributed by atoms with Crippen LogP contribution in [-0.4, -0.2) is 13.7 Å². The van der Waals surface area contributed by atoms with Crippen LogP contribution in [-0.2, 0) is 0 Å². The molecule has 2 rings (SSSR count). The molecule has 0 radical (unpaired) electrons. The van der Waals surface area contributed by atoms with Gasteiger partial charge < -0.3 is 10.1 Å². The molecule has 0 saturated heterocycles. The van der Waals surface area contributed by atoms with Gasteiger partial charge >= 0.3 is 0 Å². The lowest BCUT2D eigenvalue weighted by atomic mass is 9.97. The average Bonchev–Trinajstić information content (AvgIpc) is 2.47. The highest BCUT2D eigenvalue weighted by Gasteiger charge is 2.20. The van der Waals surface area contributed by atoms with Gasteiger partial charge in [-0.2, -0.15) is 0 Å². The van der Waals surface area contributed by atoms with E-state index in [9.17, 15) is 4.39 Å². The number of halogens is 3. The molecular weight excluding hydrogens is 448 g/mol. The molecule has 0 fully saturated rings. The highest BCUT2D eigenvalue weighted by molar-refractivity contribution is 14.1. The molecule has 0 aliphatic carbocycles. The predicted octanol–water partition coefficient (Wildman–Crippen LogP) is 4.90. The lowest BCUT2D eigenvalue weighted by Gasteiger charge is -2.22. The second kappa shape index (κ2) is 7.56. The molecule has 1 atom stereocenters. The summed E-state index contributed by atoms with van der Waals surface area (Å²) in [5.74, 6) is 0.414. The summed E-state index contributed by atoms with van der Waals surface area (Å²) >= 11 is 5.80. The van der Waals surface area contributed by atoms with Gasteiger partial charge in [0.15, 0.2) is 0 Å². The lowest BCUT2D eigenvalue weighted by molar-refractivity contribution is 0.402.